The molecule has 126 valence electrons. The van der Waals surface area contributed by atoms with Crippen molar-refractivity contribution in [3.8, 4) is 0 Å². The number of sulfonamides is 1. The summed E-state index contributed by atoms with van der Waals surface area (Å²) in [5.74, 6) is -1.20. The van der Waals surface area contributed by atoms with Crippen LogP contribution in [0.2, 0.25) is 0 Å². The van der Waals surface area contributed by atoms with Crippen molar-refractivity contribution in [1.29, 1.82) is 0 Å². The maximum absolute atomic E-state index is 12.3. The van der Waals surface area contributed by atoms with Gasteiger partial charge < -0.3 is 15.2 Å². The Morgan fingerprint density at radius 1 is 1.48 bits per heavy atom. The van der Waals surface area contributed by atoms with Gasteiger partial charge in [0.2, 0.25) is 10.0 Å². The second-order valence-corrected chi connectivity index (χ2v) is 6.94. The fourth-order valence-corrected chi connectivity index (χ4v) is 3.39. The van der Waals surface area contributed by atoms with Crippen LogP contribution < -0.4 is 10.0 Å². The number of rotatable bonds is 8. The third kappa shape index (κ3) is 4.54. The molecule has 1 fully saturated rings. The van der Waals surface area contributed by atoms with Crippen molar-refractivity contribution >= 4 is 21.7 Å². The zero-order valence-electron chi connectivity index (χ0n) is 12.6. The predicted octanol–water partition coefficient (Wildman–Crippen LogP) is 1.44. The van der Waals surface area contributed by atoms with E-state index in [4.69, 9.17) is 4.74 Å². The van der Waals surface area contributed by atoms with E-state index >= 15 is 0 Å². The van der Waals surface area contributed by atoms with Crippen LogP contribution in [0.1, 0.15) is 23.2 Å². The van der Waals surface area contributed by atoms with Crippen molar-refractivity contribution in [3.63, 3.8) is 0 Å². The van der Waals surface area contributed by atoms with Gasteiger partial charge in [0.25, 0.3) is 0 Å². The predicted molar refractivity (Wildman–Crippen MR) is 86.3 cm³/mol. The average Bonchev–Trinajstić information content (AvgIpc) is 3.04. The Kier molecular flexibility index (Phi) is 5.75. The van der Waals surface area contributed by atoms with Crippen LogP contribution in [0.3, 0.4) is 0 Å². The zero-order chi connectivity index (χ0) is 16.9. The number of benzene rings is 1. The lowest BCUT2D eigenvalue weighted by Crippen LogP contribution is -2.32. The molecule has 1 aliphatic rings. The number of carboxylic acids is 1. The zero-order valence-corrected chi connectivity index (χ0v) is 13.4. The molecule has 0 aromatic heterocycles. The number of aromatic carboxylic acids is 1. The van der Waals surface area contributed by atoms with Gasteiger partial charge in [-0.15, -0.1) is 6.58 Å². The number of carboxylic acid groups (broad SMARTS) is 1. The van der Waals surface area contributed by atoms with Crippen LogP contribution >= 0.6 is 0 Å². The summed E-state index contributed by atoms with van der Waals surface area (Å²) in [6, 6.07) is 3.95. The van der Waals surface area contributed by atoms with Gasteiger partial charge in [0, 0.05) is 25.4 Å². The molecule has 1 heterocycles. The molecule has 0 radical (unpaired) electrons. The molecular formula is C15H20N2O5S. The molecule has 3 N–H and O–H groups in total. The summed E-state index contributed by atoms with van der Waals surface area (Å²) >= 11 is 0. The second-order valence-electron chi connectivity index (χ2n) is 5.17. The van der Waals surface area contributed by atoms with Crippen LogP contribution in [-0.2, 0) is 14.8 Å². The average molecular weight is 340 g/mol. The minimum atomic E-state index is -3.78. The van der Waals surface area contributed by atoms with Gasteiger partial charge in [-0.2, -0.15) is 0 Å². The van der Waals surface area contributed by atoms with Gasteiger partial charge in [-0.1, -0.05) is 6.08 Å². The molecule has 0 aliphatic carbocycles. The Hall–Kier alpha value is -1.90. The van der Waals surface area contributed by atoms with E-state index in [2.05, 4.69) is 16.6 Å². The smallest absolute Gasteiger partial charge is 0.337 e. The largest absolute Gasteiger partial charge is 0.478 e. The molecule has 0 unspecified atom stereocenters. The molecule has 1 aliphatic heterocycles. The number of hydrogen-bond acceptors (Lipinski definition) is 5. The molecule has 7 nitrogen and oxygen atoms in total. The third-order valence-corrected chi connectivity index (χ3v) is 4.91. The van der Waals surface area contributed by atoms with E-state index in [1.54, 1.807) is 6.08 Å². The maximum Gasteiger partial charge on any atom is 0.337 e. The fraction of sp³-hybridized carbons (Fsp3) is 0.400. The highest BCUT2D eigenvalue weighted by Gasteiger charge is 2.22. The van der Waals surface area contributed by atoms with E-state index < -0.39 is 16.0 Å². The van der Waals surface area contributed by atoms with Gasteiger partial charge in [-0.3, -0.25) is 0 Å². The molecule has 0 bridgehead atoms. The van der Waals surface area contributed by atoms with Crippen LogP contribution in [0.5, 0.6) is 0 Å². The van der Waals surface area contributed by atoms with Crippen LogP contribution in [0.15, 0.2) is 35.7 Å². The van der Waals surface area contributed by atoms with Gasteiger partial charge in [-0.25, -0.2) is 17.9 Å². The minimum absolute atomic E-state index is 0.0861. The van der Waals surface area contributed by atoms with Crippen LogP contribution in [0.25, 0.3) is 0 Å². The third-order valence-electron chi connectivity index (χ3n) is 3.49. The lowest BCUT2D eigenvalue weighted by Gasteiger charge is -2.13. The Morgan fingerprint density at radius 3 is 2.87 bits per heavy atom. The highest BCUT2D eigenvalue weighted by Crippen LogP contribution is 2.21. The molecule has 1 aromatic carbocycles. The Morgan fingerprint density at radius 2 is 2.26 bits per heavy atom. The van der Waals surface area contributed by atoms with Crippen molar-refractivity contribution in [2.45, 2.75) is 23.8 Å². The Bertz CT molecular complexity index is 681. The number of anilines is 1. The molecule has 23 heavy (non-hydrogen) atoms. The molecule has 1 atom stereocenters. The molecule has 0 spiro atoms. The monoisotopic (exact) mass is 340 g/mol. The maximum atomic E-state index is 12.3. The lowest BCUT2D eigenvalue weighted by molar-refractivity contribution is 0.0697. The highest BCUT2D eigenvalue weighted by atomic mass is 32.2. The van der Waals surface area contributed by atoms with E-state index in [0.717, 1.165) is 18.9 Å². The summed E-state index contributed by atoms with van der Waals surface area (Å²) in [6.07, 6.45) is 3.18. The van der Waals surface area contributed by atoms with Crippen LogP contribution in [0, 0.1) is 0 Å². The minimum Gasteiger partial charge on any atom is -0.478 e. The SMILES string of the molecule is C=CCNc1ccc(S(=O)(=O)NC[C@@H]2CCCO2)cc1C(=O)O. The molecule has 2 rings (SSSR count). The molecule has 0 saturated carbocycles. The van der Waals surface area contributed by atoms with Crippen molar-refractivity contribution in [2.24, 2.45) is 0 Å². The van der Waals surface area contributed by atoms with E-state index in [1.165, 1.54) is 12.1 Å². The van der Waals surface area contributed by atoms with E-state index in [9.17, 15) is 18.3 Å². The first-order chi connectivity index (χ1) is 10.9. The number of nitrogens with one attached hydrogen (secondary N) is 2. The van der Waals surface area contributed by atoms with Crippen LogP contribution in [-0.4, -0.2) is 45.3 Å². The number of ether oxygens (including phenoxy) is 1. The van der Waals surface area contributed by atoms with E-state index in [0.29, 0.717) is 18.8 Å². The normalized spacial score (nSPS) is 17.8. The molecule has 0 amide bonds. The van der Waals surface area contributed by atoms with Gasteiger partial charge >= 0.3 is 5.97 Å². The molecule has 8 heteroatoms. The first kappa shape index (κ1) is 17.5. The molecular weight excluding hydrogens is 320 g/mol. The van der Waals surface area contributed by atoms with Gasteiger partial charge in [0.1, 0.15) is 0 Å². The summed E-state index contributed by atoms with van der Waals surface area (Å²) in [4.78, 5) is 11.2. The van der Waals surface area contributed by atoms with Crippen molar-refractivity contribution in [3.05, 3.63) is 36.4 Å². The van der Waals surface area contributed by atoms with E-state index in [-0.39, 0.29) is 23.1 Å². The first-order valence-electron chi connectivity index (χ1n) is 7.27. The second kappa shape index (κ2) is 7.58. The number of carbonyl (C=O) groups is 1. The van der Waals surface area contributed by atoms with Crippen molar-refractivity contribution < 1.29 is 23.1 Å². The highest BCUT2D eigenvalue weighted by molar-refractivity contribution is 7.89. The van der Waals surface area contributed by atoms with Gasteiger partial charge in [-0.05, 0) is 31.0 Å². The molecule has 1 aromatic rings. The van der Waals surface area contributed by atoms with Gasteiger partial charge in [0.15, 0.2) is 0 Å². The fourth-order valence-electron chi connectivity index (χ4n) is 2.30. The summed E-state index contributed by atoms with van der Waals surface area (Å²) in [6.45, 7) is 4.74. The van der Waals surface area contributed by atoms with Gasteiger partial charge in [0.05, 0.1) is 16.6 Å². The topological polar surface area (TPSA) is 105 Å². The Balaban J connectivity index is 2.18. The molecule has 1 saturated heterocycles. The quantitative estimate of drug-likeness (QED) is 0.619. The Labute approximate surface area is 135 Å². The summed E-state index contributed by atoms with van der Waals surface area (Å²) in [5, 5.41) is 12.1. The standard InChI is InChI=1S/C15H20N2O5S/c1-2-7-16-14-6-5-12(9-13(14)15(18)19)23(20,21)17-10-11-4-3-8-22-11/h2,5-6,9,11,16-17H,1,3-4,7-8,10H2,(H,18,19)/t11-/m0/s1. The summed E-state index contributed by atoms with van der Waals surface area (Å²) in [5.41, 5.74) is 0.238. The van der Waals surface area contributed by atoms with Crippen molar-refractivity contribution in [2.75, 3.05) is 25.0 Å². The van der Waals surface area contributed by atoms with Crippen molar-refractivity contribution in [1.82, 2.24) is 4.72 Å². The summed E-state index contributed by atoms with van der Waals surface area (Å²) < 4.78 is 32.4. The number of hydrogen-bond donors (Lipinski definition) is 3. The van der Waals surface area contributed by atoms with E-state index in [1.807, 2.05) is 0 Å². The lowest BCUT2D eigenvalue weighted by atomic mass is 10.2. The first-order valence-corrected chi connectivity index (χ1v) is 8.75. The summed E-state index contributed by atoms with van der Waals surface area (Å²) in [7, 11) is -3.78. The van der Waals surface area contributed by atoms with Crippen LogP contribution in [0.4, 0.5) is 5.69 Å².